The Morgan fingerprint density at radius 3 is 2.61 bits per heavy atom. The zero-order valence-electron chi connectivity index (χ0n) is 14.3. The lowest BCUT2D eigenvalue weighted by molar-refractivity contribution is 0.235. The second-order valence-corrected chi connectivity index (χ2v) is 10.8. The van der Waals surface area contributed by atoms with Crippen LogP contribution in [0, 0.1) is 11.7 Å². The SMILES string of the molecule is CCCCCCC[SiH]1CCC(COc2ccc(Cl)c(F)c2)CC1. The lowest BCUT2D eigenvalue weighted by Crippen LogP contribution is -2.24. The molecule has 0 aliphatic carbocycles. The molecule has 0 spiro atoms. The highest BCUT2D eigenvalue weighted by molar-refractivity contribution is 6.58. The average molecular weight is 357 g/mol. The van der Waals surface area contributed by atoms with Gasteiger partial charge in [0.1, 0.15) is 11.6 Å². The molecule has 1 saturated heterocycles. The lowest BCUT2D eigenvalue weighted by Gasteiger charge is -2.27. The summed E-state index contributed by atoms with van der Waals surface area (Å²) in [6.07, 6.45) is 9.67. The summed E-state index contributed by atoms with van der Waals surface area (Å²) < 4.78 is 19.1. The number of hydrogen-bond donors (Lipinski definition) is 0. The summed E-state index contributed by atoms with van der Waals surface area (Å²) >= 11 is 5.69. The largest absolute Gasteiger partial charge is 0.493 e. The smallest absolute Gasteiger partial charge is 0.145 e. The monoisotopic (exact) mass is 356 g/mol. The van der Waals surface area contributed by atoms with E-state index in [0.29, 0.717) is 11.7 Å². The highest BCUT2D eigenvalue weighted by atomic mass is 35.5. The first-order valence-electron chi connectivity index (χ1n) is 9.27. The van der Waals surface area contributed by atoms with Crippen LogP contribution < -0.4 is 4.74 Å². The summed E-state index contributed by atoms with van der Waals surface area (Å²) in [6, 6.07) is 9.18. The molecule has 0 aromatic heterocycles. The molecule has 23 heavy (non-hydrogen) atoms. The summed E-state index contributed by atoms with van der Waals surface area (Å²) in [6.45, 7) is 3.00. The van der Waals surface area contributed by atoms with Crippen molar-refractivity contribution in [3.63, 3.8) is 0 Å². The van der Waals surface area contributed by atoms with E-state index >= 15 is 0 Å². The van der Waals surface area contributed by atoms with E-state index in [9.17, 15) is 4.39 Å². The van der Waals surface area contributed by atoms with Crippen molar-refractivity contribution in [1.29, 1.82) is 0 Å². The molecule has 0 atom stereocenters. The van der Waals surface area contributed by atoms with Gasteiger partial charge in [-0.05, 0) is 30.9 Å². The Labute approximate surface area is 147 Å². The minimum absolute atomic E-state index is 0.155. The van der Waals surface area contributed by atoms with Crippen LogP contribution >= 0.6 is 11.6 Å². The second kappa shape index (κ2) is 10.3. The normalized spacial score (nSPS) is 21.3. The van der Waals surface area contributed by atoms with Crippen molar-refractivity contribution in [2.75, 3.05) is 6.61 Å². The van der Waals surface area contributed by atoms with Gasteiger partial charge in [0.25, 0.3) is 0 Å². The van der Waals surface area contributed by atoms with Gasteiger partial charge in [-0.15, -0.1) is 0 Å². The molecule has 0 N–H and O–H groups in total. The first-order chi connectivity index (χ1) is 11.2. The Morgan fingerprint density at radius 2 is 1.91 bits per heavy atom. The van der Waals surface area contributed by atoms with Crippen LogP contribution in [0.1, 0.15) is 51.9 Å². The Bertz CT molecular complexity index is 461. The first kappa shape index (κ1) is 18.8. The second-order valence-electron chi connectivity index (χ2n) is 6.98. The van der Waals surface area contributed by atoms with Gasteiger partial charge in [0.15, 0.2) is 0 Å². The van der Waals surface area contributed by atoms with Crippen molar-refractivity contribution in [3.05, 3.63) is 29.0 Å². The standard InChI is InChI=1S/C19H30ClFOSi/c1-2-3-4-5-6-11-23-12-9-16(10-13-23)15-22-17-7-8-18(20)19(21)14-17/h7-8,14,16,23H,2-6,9-13,15H2,1H3. The molecule has 1 heterocycles. The predicted molar refractivity (Wildman–Crippen MR) is 100.0 cm³/mol. The Balaban J connectivity index is 1.60. The van der Waals surface area contributed by atoms with Crippen molar-refractivity contribution in [1.82, 2.24) is 0 Å². The quantitative estimate of drug-likeness (QED) is 0.364. The van der Waals surface area contributed by atoms with Gasteiger partial charge in [-0.3, -0.25) is 0 Å². The third kappa shape index (κ3) is 6.84. The van der Waals surface area contributed by atoms with Crippen molar-refractivity contribution < 1.29 is 9.13 Å². The summed E-state index contributed by atoms with van der Waals surface area (Å²) in [5.74, 6) is 0.850. The van der Waals surface area contributed by atoms with E-state index < -0.39 is 14.6 Å². The molecule has 1 aliphatic rings. The molecule has 1 aromatic carbocycles. The number of rotatable bonds is 9. The zero-order valence-corrected chi connectivity index (χ0v) is 16.2. The highest BCUT2D eigenvalue weighted by Gasteiger charge is 2.22. The molecule has 1 aliphatic heterocycles. The molecule has 4 heteroatoms. The van der Waals surface area contributed by atoms with E-state index in [0.717, 1.165) is 6.61 Å². The maximum Gasteiger partial charge on any atom is 0.145 e. The summed E-state index contributed by atoms with van der Waals surface area (Å²) in [4.78, 5) is 0. The lowest BCUT2D eigenvalue weighted by atomic mass is 10.0. The van der Waals surface area contributed by atoms with Crippen molar-refractivity contribution in [2.24, 2.45) is 5.92 Å². The number of benzene rings is 1. The van der Waals surface area contributed by atoms with Crippen molar-refractivity contribution in [3.8, 4) is 5.75 Å². The third-order valence-corrected chi connectivity index (χ3v) is 8.89. The van der Waals surface area contributed by atoms with Gasteiger partial charge in [-0.25, -0.2) is 4.39 Å². The van der Waals surface area contributed by atoms with Crippen molar-refractivity contribution in [2.45, 2.75) is 70.0 Å². The van der Waals surface area contributed by atoms with Gasteiger partial charge in [0, 0.05) is 14.9 Å². The van der Waals surface area contributed by atoms with E-state index in [1.165, 1.54) is 63.1 Å². The Kier molecular flexibility index (Phi) is 8.45. The maximum absolute atomic E-state index is 13.4. The van der Waals surface area contributed by atoms with Crippen LogP contribution in [0.5, 0.6) is 5.75 Å². The zero-order chi connectivity index (χ0) is 16.5. The van der Waals surface area contributed by atoms with E-state index in [-0.39, 0.29) is 5.02 Å². The number of hydrogen-bond acceptors (Lipinski definition) is 1. The van der Waals surface area contributed by atoms with Gasteiger partial charge < -0.3 is 4.74 Å². The molecular formula is C19H30ClFOSi. The van der Waals surface area contributed by atoms with Gasteiger partial charge in [0.2, 0.25) is 0 Å². The molecule has 0 amide bonds. The van der Waals surface area contributed by atoms with Crippen LogP contribution in [0.15, 0.2) is 18.2 Å². The van der Waals surface area contributed by atoms with E-state index in [1.807, 2.05) is 0 Å². The molecule has 0 saturated carbocycles. The average Bonchev–Trinajstić information content (AvgIpc) is 2.57. The number of ether oxygens (including phenoxy) is 1. The molecule has 1 fully saturated rings. The molecule has 0 radical (unpaired) electrons. The highest BCUT2D eigenvalue weighted by Crippen LogP contribution is 2.29. The van der Waals surface area contributed by atoms with Gasteiger partial charge in [0.05, 0.1) is 11.6 Å². The topological polar surface area (TPSA) is 9.23 Å². The Morgan fingerprint density at radius 1 is 1.17 bits per heavy atom. The van der Waals surface area contributed by atoms with E-state index in [1.54, 1.807) is 18.2 Å². The third-order valence-electron chi connectivity index (χ3n) is 5.06. The summed E-state index contributed by atoms with van der Waals surface area (Å²) in [5, 5.41) is 0.155. The maximum atomic E-state index is 13.4. The Hall–Kier alpha value is -0.543. The molecule has 0 bridgehead atoms. The van der Waals surface area contributed by atoms with E-state index in [4.69, 9.17) is 16.3 Å². The van der Waals surface area contributed by atoms with Crippen LogP contribution in [0.25, 0.3) is 0 Å². The van der Waals surface area contributed by atoms with Crippen LogP contribution in [0.4, 0.5) is 4.39 Å². The molecular weight excluding hydrogens is 327 g/mol. The van der Waals surface area contributed by atoms with Gasteiger partial charge in [-0.1, -0.05) is 68.8 Å². The minimum Gasteiger partial charge on any atom is -0.493 e. The van der Waals surface area contributed by atoms with Crippen LogP contribution in [-0.4, -0.2) is 15.4 Å². The van der Waals surface area contributed by atoms with Crippen molar-refractivity contribution >= 4 is 20.4 Å². The summed E-state index contributed by atoms with van der Waals surface area (Å²) in [5.41, 5.74) is 0. The molecule has 2 rings (SSSR count). The summed E-state index contributed by atoms with van der Waals surface area (Å²) in [7, 11) is -0.463. The van der Waals surface area contributed by atoms with Crippen LogP contribution in [0.2, 0.25) is 23.2 Å². The fourth-order valence-electron chi connectivity index (χ4n) is 3.50. The van der Waals surface area contributed by atoms with E-state index in [2.05, 4.69) is 6.92 Å². The van der Waals surface area contributed by atoms with Crippen LogP contribution in [-0.2, 0) is 0 Å². The number of unbranched alkanes of at least 4 members (excludes halogenated alkanes) is 4. The minimum atomic E-state index is -0.463. The van der Waals surface area contributed by atoms with Gasteiger partial charge in [-0.2, -0.15) is 0 Å². The molecule has 0 unspecified atom stereocenters. The number of halogens is 2. The van der Waals surface area contributed by atoms with Gasteiger partial charge >= 0.3 is 0 Å². The predicted octanol–water partition coefficient (Wildman–Crippen LogP) is 6.47. The fourth-order valence-corrected chi connectivity index (χ4v) is 7.24. The van der Waals surface area contributed by atoms with Crippen LogP contribution in [0.3, 0.4) is 0 Å². The molecule has 130 valence electrons. The molecule has 1 nitrogen and oxygen atoms in total. The first-order valence-corrected chi connectivity index (χ1v) is 12.1. The fraction of sp³-hybridized carbons (Fsp3) is 0.684. The molecule has 1 aromatic rings.